The number of amides is 1. The monoisotopic (exact) mass is 379 g/mol. The molecule has 1 spiro atoms. The highest BCUT2D eigenvalue weighted by Crippen LogP contribution is 2.40. The van der Waals surface area contributed by atoms with E-state index < -0.39 is 0 Å². The van der Waals surface area contributed by atoms with Crippen LogP contribution in [0.4, 0.5) is 6.01 Å². The molecule has 2 aliphatic heterocycles. The van der Waals surface area contributed by atoms with Crippen molar-refractivity contribution in [1.82, 2.24) is 19.9 Å². The zero-order valence-corrected chi connectivity index (χ0v) is 15.9. The summed E-state index contributed by atoms with van der Waals surface area (Å²) in [6.45, 7) is 3.41. The van der Waals surface area contributed by atoms with Gasteiger partial charge in [-0.2, -0.15) is 4.98 Å². The number of oxazole rings is 1. The molecule has 146 valence electrons. The molecule has 1 aromatic carbocycles. The lowest BCUT2D eigenvalue weighted by molar-refractivity contribution is -0.137. The number of fused-ring (bicyclic) bond motifs is 1. The summed E-state index contributed by atoms with van der Waals surface area (Å²) in [6.07, 6.45) is 8.16. The maximum absolute atomic E-state index is 12.5. The van der Waals surface area contributed by atoms with Gasteiger partial charge in [0.1, 0.15) is 5.52 Å². The molecule has 0 bridgehead atoms. The van der Waals surface area contributed by atoms with Crippen molar-refractivity contribution in [1.29, 1.82) is 0 Å². The van der Waals surface area contributed by atoms with Gasteiger partial charge in [0, 0.05) is 56.3 Å². The molecule has 2 aliphatic rings. The highest BCUT2D eigenvalue weighted by Gasteiger charge is 2.42. The van der Waals surface area contributed by atoms with Gasteiger partial charge in [0.05, 0.1) is 6.33 Å². The molecular formula is C21H25N5O2. The molecule has 4 heterocycles. The largest absolute Gasteiger partial charge is 0.423 e. The van der Waals surface area contributed by atoms with Crippen LogP contribution < -0.4 is 4.90 Å². The van der Waals surface area contributed by atoms with E-state index in [1.165, 1.54) is 0 Å². The second-order valence-electron chi connectivity index (χ2n) is 8.13. The maximum Gasteiger partial charge on any atom is 0.298 e. The smallest absolute Gasteiger partial charge is 0.298 e. The van der Waals surface area contributed by atoms with Gasteiger partial charge in [-0.25, -0.2) is 4.98 Å². The minimum atomic E-state index is 0.126. The Morgan fingerprint density at radius 3 is 3.00 bits per heavy atom. The zero-order valence-electron chi connectivity index (χ0n) is 15.9. The first-order chi connectivity index (χ1) is 13.7. The summed E-state index contributed by atoms with van der Waals surface area (Å²) in [5.41, 5.74) is 2.93. The van der Waals surface area contributed by atoms with Gasteiger partial charge < -0.3 is 19.2 Å². The minimum absolute atomic E-state index is 0.126. The Morgan fingerprint density at radius 1 is 1.21 bits per heavy atom. The lowest BCUT2D eigenvalue weighted by Gasteiger charge is -2.47. The van der Waals surface area contributed by atoms with E-state index in [9.17, 15) is 4.79 Å². The van der Waals surface area contributed by atoms with Crippen LogP contribution in [-0.2, 0) is 11.2 Å². The van der Waals surface area contributed by atoms with E-state index in [0.717, 1.165) is 68.7 Å². The van der Waals surface area contributed by atoms with Gasteiger partial charge in [-0.05, 0) is 31.4 Å². The number of anilines is 1. The van der Waals surface area contributed by atoms with Crippen molar-refractivity contribution in [2.45, 2.75) is 32.1 Å². The molecular weight excluding hydrogens is 354 g/mol. The molecule has 1 N–H and O–H groups in total. The third kappa shape index (κ3) is 3.25. The van der Waals surface area contributed by atoms with Crippen LogP contribution in [0.2, 0.25) is 0 Å². The van der Waals surface area contributed by atoms with E-state index in [2.05, 4.69) is 19.9 Å². The van der Waals surface area contributed by atoms with Crippen molar-refractivity contribution in [3.63, 3.8) is 0 Å². The van der Waals surface area contributed by atoms with Crippen LogP contribution >= 0.6 is 0 Å². The predicted molar refractivity (Wildman–Crippen MR) is 106 cm³/mol. The first-order valence-corrected chi connectivity index (χ1v) is 10.1. The summed E-state index contributed by atoms with van der Waals surface area (Å²) in [4.78, 5) is 28.7. The summed E-state index contributed by atoms with van der Waals surface area (Å²) < 4.78 is 6.01. The lowest BCUT2D eigenvalue weighted by atomic mass is 9.73. The average molecular weight is 379 g/mol. The van der Waals surface area contributed by atoms with Gasteiger partial charge in [0.2, 0.25) is 5.91 Å². The molecule has 5 rings (SSSR count). The van der Waals surface area contributed by atoms with Gasteiger partial charge in [-0.1, -0.05) is 12.1 Å². The average Bonchev–Trinajstić information content (AvgIpc) is 3.38. The number of H-pyrrole nitrogens is 1. The van der Waals surface area contributed by atoms with Crippen molar-refractivity contribution in [3.8, 4) is 0 Å². The Balaban J connectivity index is 1.31. The summed E-state index contributed by atoms with van der Waals surface area (Å²) >= 11 is 0. The number of aromatic nitrogens is 3. The Hall–Kier alpha value is -2.83. The van der Waals surface area contributed by atoms with Crippen molar-refractivity contribution in [2.75, 3.05) is 31.1 Å². The van der Waals surface area contributed by atoms with E-state index >= 15 is 0 Å². The molecule has 0 aliphatic carbocycles. The molecule has 0 radical (unpaired) electrons. The number of carbonyl (C=O) groups excluding carboxylic acids is 1. The van der Waals surface area contributed by atoms with Crippen LogP contribution in [0.3, 0.4) is 0 Å². The number of nitrogens with one attached hydrogen (secondary N) is 1. The van der Waals surface area contributed by atoms with Crippen LogP contribution in [0.5, 0.6) is 0 Å². The number of aromatic amines is 1. The SMILES string of the molecule is O=C1CC[C@]2(CCCN(c3nc4ccccc4o3)C2)CN1CCc1cnc[nH]1. The molecule has 2 fully saturated rings. The van der Waals surface area contributed by atoms with E-state index in [-0.39, 0.29) is 11.3 Å². The fourth-order valence-electron chi connectivity index (χ4n) is 4.68. The van der Waals surface area contributed by atoms with E-state index in [4.69, 9.17) is 4.42 Å². The van der Waals surface area contributed by atoms with Crippen molar-refractivity contribution >= 4 is 23.0 Å². The second-order valence-corrected chi connectivity index (χ2v) is 8.13. The summed E-state index contributed by atoms with van der Waals surface area (Å²) in [5.74, 6) is 0.268. The lowest BCUT2D eigenvalue weighted by Crippen LogP contribution is -2.54. The summed E-state index contributed by atoms with van der Waals surface area (Å²) in [7, 11) is 0. The van der Waals surface area contributed by atoms with Gasteiger partial charge in [-0.3, -0.25) is 4.79 Å². The number of imidazole rings is 1. The van der Waals surface area contributed by atoms with Gasteiger partial charge in [0.25, 0.3) is 6.01 Å². The van der Waals surface area contributed by atoms with Crippen LogP contribution in [0.15, 0.2) is 41.2 Å². The number of piperidine rings is 2. The van der Waals surface area contributed by atoms with Gasteiger partial charge in [0.15, 0.2) is 5.58 Å². The fraction of sp³-hybridized carbons (Fsp3) is 0.476. The third-order valence-corrected chi connectivity index (χ3v) is 6.17. The van der Waals surface area contributed by atoms with Crippen molar-refractivity contribution in [3.05, 3.63) is 42.5 Å². The molecule has 0 saturated carbocycles. The molecule has 1 amide bonds. The Morgan fingerprint density at radius 2 is 2.14 bits per heavy atom. The first-order valence-electron chi connectivity index (χ1n) is 10.1. The predicted octanol–water partition coefficient (Wildman–Crippen LogP) is 3.00. The normalized spacial score (nSPS) is 23.1. The molecule has 28 heavy (non-hydrogen) atoms. The number of carbonyl (C=O) groups is 1. The molecule has 0 unspecified atom stereocenters. The van der Waals surface area contributed by atoms with Crippen LogP contribution in [0.1, 0.15) is 31.4 Å². The quantitative estimate of drug-likeness (QED) is 0.754. The molecule has 2 aromatic heterocycles. The van der Waals surface area contributed by atoms with Crippen molar-refractivity contribution < 1.29 is 9.21 Å². The second kappa shape index (κ2) is 6.96. The number of benzene rings is 1. The highest BCUT2D eigenvalue weighted by atomic mass is 16.4. The number of nitrogens with zero attached hydrogens (tertiary/aromatic N) is 4. The zero-order chi connectivity index (χ0) is 19.0. The van der Waals surface area contributed by atoms with Gasteiger partial charge in [-0.15, -0.1) is 0 Å². The molecule has 2 saturated heterocycles. The standard InChI is InChI=1S/C21H25N5O2/c27-19-6-9-21(13-25(19)11-7-16-12-22-15-23-16)8-3-10-26(14-21)20-24-17-4-1-2-5-18(17)28-20/h1-2,4-5,12,15H,3,6-11,13-14H2,(H,22,23)/t21-/m1/s1. The molecule has 7 nitrogen and oxygen atoms in total. The Bertz CT molecular complexity index is 933. The summed E-state index contributed by atoms with van der Waals surface area (Å²) in [6, 6.07) is 8.61. The molecule has 1 atom stereocenters. The van der Waals surface area contributed by atoms with Gasteiger partial charge >= 0.3 is 0 Å². The van der Waals surface area contributed by atoms with E-state index in [1.54, 1.807) is 6.33 Å². The Labute approximate surface area is 163 Å². The maximum atomic E-state index is 12.5. The van der Waals surface area contributed by atoms with Crippen molar-refractivity contribution in [2.24, 2.45) is 5.41 Å². The topological polar surface area (TPSA) is 78.3 Å². The van der Waals surface area contributed by atoms with E-state index in [0.29, 0.717) is 12.4 Å². The van der Waals surface area contributed by atoms with Crippen LogP contribution in [0, 0.1) is 5.41 Å². The summed E-state index contributed by atoms with van der Waals surface area (Å²) in [5, 5.41) is 0. The number of hydrogen-bond donors (Lipinski definition) is 1. The Kier molecular flexibility index (Phi) is 4.30. The fourth-order valence-corrected chi connectivity index (χ4v) is 4.68. The van der Waals surface area contributed by atoms with E-state index in [1.807, 2.05) is 35.4 Å². The highest BCUT2D eigenvalue weighted by molar-refractivity contribution is 5.77. The number of hydrogen-bond acceptors (Lipinski definition) is 5. The first kappa shape index (κ1) is 17.3. The van der Waals surface area contributed by atoms with Crippen LogP contribution in [0.25, 0.3) is 11.1 Å². The molecule has 7 heteroatoms. The number of para-hydroxylation sites is 2. The number of rotatable bonds is 4. The number of likely N-dealkylation sites (tertiary alicyclic amines) is 1. The third-order valence-electron chi connectivity index (χ3n) is 6.17. The van der Waals surface area contributed by atoms with Crippen LogP contribution in [-0.4, -0.2) is 51.9 Å². The molecule has 3 aromatic rings. The minimum Gasteiger partial charge on any atom is -0.423 e.